The van der Waals surface area contributed by atoms with Gasteiger partial charge in [0.1, 0.15) is 33.1 Å². The summed E-state index contributed by atoms with van der Waals surface area (Å²) in [6.07, 6.45) is 8.99. The van der Waals surface area contributed by atoms with Gasteiger partial charge in [-0.1, -0.05) is 0 Å². The minimum Gasteiger partial charge on any atom is -0.478 e. The molecule has 0 aliphatic rings. The van der Waals surface area contributed by atoms with E-state index in [4.69, 9.17) is 25.1 Å². The molecule has 24 heteroatoms. The van der Waals surface area contributed by atoms with Gasteiger partial charge in [0, 0.05) is 40.7 Å². The normalized spacial score (nSPS) is 10.8. The number of nitrogens with two attached hydrogens (primary N) is 1. The number of carboxylic acids is 1. The number of aromatic carboxylic acids is 1. The SMILES string of the molecule is CCOC(=O)c1cnn(C)c1N.CCOC(=O)c1cnn(C)c1S(C)(=O)=O.CCOC(=O)c1cnn(C)c1SC.Cn1ncc(C(=O)O)c1S(C)(=O)=O. The Bertz CT molecular complexity index is 2120. The van der Waals surface area contributed by atoms with Crippen LogP contribution < -0.4 is 5.73 Å². The summed E-state index contributed by atoms with van der Waals surface area (Å²) in [4.78, 5) is 44.4. The second kappa shape index (κ2) is 20.1. The highest BCUT2D eigenvalue weighted by molar-refractivity contribution is 7.98. The van der Waals surface area contributed by atoms with Gasteiger partial charge in [-0.2, -0.15) is 20.4 Å². The molecule has 0 unspecified atom stereocenters. The monoisotopic (exact) mass is 805 g/mol. The van der Waals surface area contributed by atoms with E-state index < -0.39 is 37.6 Å². The molecule has 4 aromatic rings. The van der Waals surface area contributed by atoms with E-state index in [1.165, 1.54) is 49.1 Å². The van der Waals surface area contributed by atoms with Crippen molar-refractivity contribution >= 4 is 61.1 Å². The summed E-state index contributed by atoms with van der Waals surface area (Å²) >= 11 is 1.48. The molecule has 4 rings (SSSR count). The Morgan fingerprint density at radius 3 is 1.34 bits per heavy atom. The standard InChI is InChI=1S/C8H12N2O4S.C8H12N2O2S.C7H11N3O2.C6H8N2O4S/c1-4-14-8(11)6-5-9-10(2)7(6)15(3,12)13;1-4-12-8(11)6-5-9-10(2)7(6)13-3;1-3-12-7(11)5-4-9-10(2)6(5)8;1-8-5(13(2,11)12)4(3-7-8)6(9)10/h5H,4H2,1-3H3;5H,4H2,1-3H3;4H,3,8H2,1-2H3;3H,1-2H3,(H,9,10). The Morgan fingerprint density at radius 2 is 0.981 bits per heavy atom. The maximum Gasteiger partial charge on any atom is 0.343 e. The molecular formula is C29H43N9O12S3. The van der Waals surface area contributed by atoms with Gasteiger partial charge in [0.15, 0.2) is 29.7 Å². The van der Waals surface area contributed by atoms with Gasteiger partial charge in [0.05, 0.1) is 44.6 Å². The number of aryl methyl sites for hydroxylation is 4. The topological polar surface area (TPSA) is 282 Å². The maximum absolute atomic E-state index is 11.4. The van der Waals surface area contributed by atoms with E-state index in [2.05, 4.69) is 20.4 Å². The second-order valence-electron chi connectivity index (χ2n) is 10.2. The number of anilines is 1. The molecule has 0 bridgehead atoms. The van der Waals surface area contributed by atoms with Crippen LogP contribution >= 0.6 is 11.8 Å². The molecule has 0 fully saturated rings. The van der Waals surface area contributed by atoms with Gasteiger partial charge in [-0.3, -0.25) is 18.7 Å². The molecule has 21 nitrogen and oxygen atoms in total. The molecule has 4 heterocycles. The number of rotatable bonds is 10. The van der Waals surface area contributed by atoms with Crippen LogP contribution in [-0.4, -0.2) is 124 Å². The molecule has 3 N–H and O–H groups in total. The molecule has 4 aromatic heterocycles. The third-order valence-electron chi connectivity index (χ3n) is 6.25. The summed E-state index contributed by atoms with van der Waals surface area (Å²) in [7, 11) is -0.731. The fraction of sp³-hybridized carbons (Fsp3) is 0.448. The van der Waals surface area contributed by atoms with Crippen molar-refractivity contribution in [2.45, 2.75) is 35.8 Å². The number of nitrogen functional groups attached to an aromatic ring is 1. The average molecular weight is 806 g/mol. The zero-order valence-electron chi connectivity index (χ0n) is 30.7. The molecule has 0 amide bonds. The fourth-order valence-electron chi connectivity index (χ4n) is 4.06. The molecule has 0 radical (unpaired) electrons. The summed E-state index contributed by atoms with van der Waals surface area (Å²) in [6, 6.07) is 0. The van der Waals surface area contributed by atoms with Crippen LogP contribution in [0.1, 0.15) is 62.2 Å². The van der Waals surface area contributed by atoms with Crippen LogP contribution in [-0.2, 0) is 62.1 Å². The number of carbonyl (C=O) groups excluding carboxylic acids is 3. The van der Waals surface area contributed by atoms with E-state index in [0.29, 0.717) is 30.2 Å². The molecular weight excluding hydrogens is 763 g/mol. The highest BCUT2D eigenvalue weighted by Crippen LogP contribution is 2.20. The first-order chi connectivity index (χ1) is 24.6. The van der Waals surface area contributed by atoms with Gasteiger partial charge in [-0.15, -0.1) is 11.8 Å². The molecule has 0 aliphatic carbocycles. The van der Waals surface area contributed by atoms with Crippen molar-refractivity contribution in [2.24, 2.45) is 28.2 Å². The van der Waals surface area contributed by atoms with Crippen LogP contribution in [0.3, 0.4) is 0 Å². The quantitative estimate of drug-likeness (QED) is 0.128. The van der Waals surface area contributed by atoms with Gasteiger partial charge < -0.3 is 25.1 Å². The van der Waals surface area contributed by atoms with E-state index >= 15 is 0 Å². The lowest BCUT2D eigenvalue weighted by Gasteiger charge is -2.03. The van der Waals surface area contributed by atoms with Crippen molar-refractivity contribution < 1.29 is 55.3 Å². The predicted molar refractivity (Wildman–Crippen MR) is 190 cm³/mol. The summed E-state index contributed by atoms with van der Waals surface area (Å²) < 4.78 is 64.6. The number of carboxylic acid groups (broad SMARTS) is 1. The predicted octanol–water partition coefficient (Wildman–Crippen LogP) is 1.02. The van der Waals surface area contributed by atoms with Gasteiger partial charge in [-0.05, 0) is 27.0 Å². The fourth-order valence-corrected chi connectivity index (χ4v) is 6.85. The zero-order valence-corrected chi connectivity index (χ0v) is 33.2. The number of sulfone groups is 2. The minimum absolute atomic E-state index is 0.0261. The summed E-state index contributed by atoms with van der Waals surface area (Å²) in [5.74, 6) is -2.38. The van der Waals surface area contributed by atoms with Crippen molar-refractivity contribution in [1.29, 1.82) is 0 Å². The van der Waals surface area contributed by atoms with E-state index in [-0.39, 0.29) is 33.8 Å². The number of ether oxygens (including phenoxy) is 3. The van der Waals surface area contributed by atoms with Crippen LogP contribution in [0.4, 0.5) is 5.82 Å². The van der Waals surface area contributed by atoms with Crippen LogP contribution in [0.5, 0.6) is 0 Å². The molecule has 294 valence electrons. The number of esters is 3. The first-order valence-corrected chi connectivity index (χ1v) is 20.1. The van der Waals surface area contributed by atoms with Gasteiger partial charge >= 0.3 is 23.9 Å². The van der Waals surface area contributed by atoms with Crippen molar-refractivity contribution in [1.82, 2.24) is 39.1 Å². The van der Waals surface area contributed by atoms with Crippen LogP contribution in [0.25, 0.3) is 0 Å². The van der Waals surface area contributed by atoms with E-state index in [0.717, 1.165) is 33.1 Å². The lowest BCUT2D eigenvalue weighted by Crippen LogP contribution is -2.12. The van der Waals surface area contributed by atoms with Crippen LogP contribution in [0, 0.1) is 0 Å². The third-order valence-corrected chi connectivity index (χ3v) is 9.49. The number of hydrogen-bond donors (Lipinski definition) is 2. The molecule has 0 spiro atoms. The Morgan fingerprint density at radius 1 is 0.642 bits per heavy atom. The summed E-state index contributed by atoms with van der Waals surface area (Å²) in [5, 5.41) is 24.1. The van der Waals surface area contributed by atoms with Crippen molar-refractivity contribution in [3.05, 3.63) is 47.0 Å². The smallest absolute Gasteiger partial charge is 0.343 e. The largest absolute Gasteiger partial charge is 0.478 e. The number of thioether (sulfide) groups is 1. The van der Waals surface area contributed by atoms with Crippen molar-refractivity contribution in [3.8, 4) is 0 Å². The summed E-state index contributed by atoms with van der Waals surface area (Å²) in [6.45, 7) is 6.09. The molecule has 0 aliphatic heterocycles. The Kier molecular flexibility index (Phi) is 17.4. The number of carbonyl (C=O) groups is 4. The Balaban J connectivity index is 0.000000354. The third kappa shape index (κ3) is 12.7. The van der Waals surface area contributed by atoms with E-state index in [1.807, 2.05) is 6.26 Å². The van der Waals surface area contributed by atoms with Crippen molar-refractivity contribution in [3.63, 3.8) is 0 Å². The molecule has 0 saturated heterocycles. The maximum atomic E-state index is 11.4. The number of hydrogen-bond acceptors (Lipinski definition) is 17. The first kappa shape index (κ1) is 45.8. The Hall–Kier alpha value is -5.23. The van der Waals surface area contributed by atoms with Crippen LogP contribution in [0.15, 0.2) is 39.9 Å². The second-order valence-corrected chi connectivity index (χ2v) is 14.9. The van der Waals surface area contributed by atoms with Crippen LogP contribution in [0.2, 0.25) is 0 Å². The number of aromatic nitrogens is 8. The highest BCUT2D eigenvalue weighted by Gasteiger charge is 2.25. The molecule has 53 heavy (non-hydrogen) atoms. The average Bonchev–Trinajstić information content (AvgIpc) is 3.83. The van der Waals surface area contributed by atoms with Gasteiger partial charge in [0.2, 0.25) is 0 Å². The van der Waals surface area contributed by atoms with Gasteiger partial charge in [-0.25, -0.2) is 36.0 Å². The van der Waals surface area contributed by atoms with Gasteiger partial charge in [0.25, 0.3) is 0 Å². The lowest BCUT2D eigenvalue weighted by molar-refractivity contribution is 0.0512. The lowest BCUT2D eigenvalue weighted by atomic mass is 10.3. The zero-order chi connectivity index (χ0) is 40.8. The molecule has 0 atom stereocenters. The Labute approximate surface area is 310 Å². The first-order valence-electron chi connectivity index (χ1n) is 15.1. The highest BCUT2D eigenvalue weighted by atomic mass is 32.2. The minimum atomic E-state index is -3.55. The number of nitrogens with zero attached hydrogens (tertiary/aromatic N) is 8. The van der Waals surface area contributed by atoms with E-state index in [1.54, 1.807) is 39.5 Å². The van der Waals surface area contributed by atoms with E-state index in [9.17, 15) is 36.0 Å². The summed E-state index contributed by atoms with van der Waals surface area (Å²) in [5.41, 5.74) is 6.06. The molecule has 0 saturated carbocycles. The van der Waals surface area contributed by atoms with Crippen molar-refractivity contribution in [2.75, 3.05) is 44.3 Å². The molecule has 0 aromatic carbocycles.